The van der Waals surface area contributed by atoms with Gasteiger partial charge in [-0.3, -0.25) is 4.79 Å². The minimum absolute atomic E-state index is 0.210. The SMILES string of the molecule is Cc1nc(-c2ccc(F)cc2)sc1C(=O)Nc1ccc(Sc2nccn2C)cc1. The van der Waals surface area contributed by atoms with E-state index in [2.05, 4.69) is 15.3 Å². The number of thiazole rings is 1. The number of benzene rings is 2. The summed E-state index contributed by atoms with van der Waals surface area (Å²) in [5, 5.41) is 4.50. The Morgan fingerprint density at radius 2 is 1.86 bits per heavy atom. The second kappa shape index (κ2) is 8.18. The number of anilines is 1. The smallest absolute Gasteiger partial charge is 0.267 e. The van der Waals surface area contributed by atoms with Crippen LogP contribution in [0.15, 0.2) is 71.0 Å². The van der Waals surface area contributed by atoms with Crippen LogP contribution in [-0.4, -0.2) is 20.4 Å². The van der Waals surface area contributed by atoms with Gasteiger partial charge in [0.05, 0.1) is 5.69 Å². The first-order valence-corrected chi connectivity index (χ1v) is 10.4. The summed E-state index contributed by atoms with van der Waals surface area (Å²) < 4.78 is 15.1. The topological polar surface area (TPSA) is 59.8 Å². The van der Waals surface area contributed by atoms with Gasteiger partial charge in [-0.15, -0.1) is 11.3 Å². The van der Waals surface area contributed by atoms with E-state index in [1.807, 2.05) is 42.1 Å². The molecular formula is C21H17FN4OS2. The maximum Gasteiger partial charge on any atom is 0.267 e. The van der Waals surface area contributed by atoms with Crippen LogP contribution in [0.4, 0.5) is 10.1 Å². The van der Waals surface area contributed by atoms with E-state index in [1.54, 1.807) is 37.0 Å². The lowest BCUT2D eigenvalue weighted by atomic mass is 10.2. The number of hydrogen-bond donors (Lipinski definition) is 1. The summed E-state index contributed by atoms with van der Waals surface area (Å²) in [5.41, 5.74) is 2.14. The Labute approximate surface area is 175 Å². The lowest BCUT2D eigenvalue weighted by molar-refractivity contribution is 0.103. The fourth-order valence-electron chi connectivity index (χ4n) is 2.67. The van der Waals surface area contributed by atoms with E-state index in [9.17, 15) is 9.18 Å². The average Bonchev–Trinajstić information content (AvgIpc) is 3.29. The van der Waals surface area contributed by atoms with Gasteiger partial charge in [0.15, 0.2) is 5.16 Å². The van der Waals surface area contributed by atoms with Crippen molar-refractivity contribution in [3.05, 3.63) is 77.3 Å². The number of carbonyl (C=O) groups is 1. The third-order valence-corrected chi connectivity index (χ3v) is 6.48. The Hall–Kier alpha value is -2.97. The number of amides is 1. The number of aryl methyl sites for hydroxylation is 2. The minimum atomic E-state index is -0.301. The molecule has 0 unspecified atom stereocenters. The van der Waals surface area contributed by atoms with Gasteiger partial charge in [-0.2, -0.15) is 0 Å². The summed E-state index contributed by atoms with van der Waals surface area (Å²) in [7, 11) is 1.95. The van der Waals surface area contributed by atoms with E-state index in [1.165, 1.54) is 23.5 Å². The van der Waals surface area contributed by atoms with Crippen molar-refractivity contribution in [2.75, 3.05) is 5.32 Å². The second-order valence-electron chi connectivity index (χ2n) is 6.34. The number of hydrogen-bond acceptors (Lipinski definition) is 5. The largest absolute Gasteiger partial charge is 0.329 e. The van der Waals surface area contributed by atoms with Gasteiger partial charge in [0.2, 0.25) is 0 Å². The molecule has 1 amide bonds. The molecule has 1 N–H and O–H groups in total. The molecule has 2 aromatic carbocycles. The van der Waals surface area contributed by atoms with Gasteiger partial charge in [0.25, 0.3) is 5.91 Å². The predicted octanol–water partition coefficient (Wildman–Crippen LogP) is 5.39. The van der Waals surface area contributed by atoms with Crippen LogP contribution in [-0.2, 0) is 7.05 Å². The molecular weight excluding hydrogens is 407 g/mol. The molecule has 0 aliphatic carbocycles. The van der Waals surface area contributed by atoms with Crippen LogP contribution >= 0.6 is 23.1 Å². The van der Waals surface area contributed by atoms with Gasteiger partial charge in [0, 0.05) is 35.6 Å². The number of nitrogens with one attached hydrogen (secondary N) is 1. The molecule has 8 heteroatoms. The summed E-state index contributed by atoms with van der Waals surface area (Å²) in [4.78, 5) is 23.0. The van der Waals surface area contributed by atoms with Crippen LogP contribution in [0.25, 0.3) is 10.6 Å². The number of aromatic nitrogens is 3. The maximum absolute atomic E-state index is 13.1. The summed E-state index contributed by atoms with van der Waals surface area (Å²) in [6, 6.07) is 13.7. The predicted molar refractivity (Wildman–Crippen MR) is 114 cm³/mol. The third-order valence-electron chi connectivity index (χ3n) is 4.19. The molecule has 2 aromatic heterocycles. The highest BCUT2D eigenvalue weighted by Gasteiger charge is 2.16. The maximum atomic E-state index is 13.1. The lowest BCUT2D eigenvalue weighted by Crippen LogP contribution is -2.11. The van der Waals surface area contributed by atoms with E-state index >= 15 is 0 Å². The number of nitrogens with zero attached hydrogens (tertiary/aromatic N) is 3. The van der Waals surface area contributed by atoms with Crippen LogP contribution in [0.5, 0.6) is 0 Å². The normalized spacial score (nSPS) is 10.9. The summed E-state index contributed by atoms with van der Waals surface area (Å²) in [5.74, 6) is -0.512. The van der Waals surface area contributed by atoms with Gasteiger partial charge in [-0.1, -0.05) is 11.8 Å². The van der Waals surface area contributed by atoms with E-state index < -0.39 is 0 Å². The Kier molecular flexibility index (Phi) is 5.46. The van der Waals surface area contributed by atoms with Crippen LogP contribution in [0.2, 0.25) is 0 Å². The average molecular weight is 425 g/mol. The number of rotatable bonds is 5. The highest BCUT2D eigenvalue weighted by Crippen LogP contribution is 2.30. The molecule has 146 valence electrons. The second-order valence-corrected chi connectivity index (χ2v) is 8.38. The van der Waals surface area contributed by atoms with Gasteiger partial charge in [0.1, 0.15) is 15.7 Å². The van der Waals surface area contributed by atoms with Crippen molar-refractivity contribution in [3.8, 4) is 10.6 Å². The summed E-state index contributed by atoms with van der Waals surface area (Å²) in [6.45, 7) is 1.80. The van der Waals surface area contributed by atoms with E-state index in [0.717, 1.165) is 15.6 Å². The van der Waals surface area contributed by atoms with E-state index in [0.29, 0.717) is 21.3 Å². The van der Waals surface area contributed by atoms with Crippen molar-refractivity contribution in [1.29, 1.82) is 0 Å². The zero-order chi connectivity index (χ0) is 20.4. The molecule has 29 heavy (non-hydrogen) atoms. The van der Waals surface area contributed by atoms with Crippen molar-refractivity contribution in [3.63, 3.8) is 0 Å². The quantitative estimate of drug-likeness (QED) is 0.466. The van der Waals surface area contributed by atoms with Crippen molar-refractivity contribution < 1.29 is 9.18 Å². The fraction of sp³-hybridized carbons (Fsp3) is 0.0952. The van der Waals surface area contributed by atoms with Gasteiger partial charge in [-0.25, -0.2) is 14.4 Å². The molecule has 0 radical (unpaired) electrons. The molecule has 0 atom stereocenters. The molecule has 0 aliphatic rings. The molecule has 4 aromatic rings. The zero-order valence-corrected chi connectivity index (χ0v) is 17.4. The first-order chi connectivity index (χ1) is 14.0. The molecule has 0 saturated heterocycles. The third kappa shape index (κ3) is 4.38. The van der Waals surface area contributed by atoms with Crippen LogP contribution in [0, 0.1) is 12.7 Å². The molecule has 5 nitrogen and oxygen atoms in total. The fourth-order valence-corrected chi connectivity index (χ4v) is 4.44. The first kappa shape index (κ1) is 19.4. The highest BCUT2D eigenvalue weighted by molar-refractivity contribution is 7.99. The van der Waals surface area contributed by atoms with Gasteiger partial charge < -0.3 is 9.88 Å². The van der Waals surface area contributed by atoms with Crippen molar-refractivity contribution in [2.45, 2.75) is 17.0 Å². The summed E-state index contributed by atoms with van der Waals surface area (Å²) in [6.07, 6.45) is 3.66. The molecule has 0 fully saturated rings. The number of halogens is 1. The van der Waals surface area contributed by atoms with Crippen molar-refractivity contribution in [2.24, 2.45) is 7.05 Å². The monoisotopic (exact) mass is 424 g/mol. The van der Waals surface area contributed by atoms with Gasteiger partial charge >= 0.3 is 0 Å². The lowest BCUT2D eigenvalue weighted by Gasteiger charge is -2.06. The number of imidazole rings is 1. The molecule has 0 bridgehead atoms. The molecule has 2 heterocycles. The molecule has 0 aliphatic heterocycles. The molecule has 4 rings (SSSR count). The highest BCUT2D eigenvalue weighted by atomic mass is 32.2. The minimum Gasteiger partial charge on any atom is -0.329 e. The zero-order valence-electron chi connectivity index (χ0n) is 15.7. The Balaban J connectivity index is 1.46. The van der Waals surface area contributed by atoms with Crippen molar-refractivity contribution >= 4 is 34.7 Å². The van der Waals surface area contributed by atoms with Crippen LogP contribution in [0.1, 0.15) is 15.4 Å². The molecule has 0 spiro atoms. The standard InChI is InChI=1S/C21H17FN4OS2/c1-13-18(29-20(24-13)14-3-5-15(22)6-4-14)19(27)25-16-7-9-17(10-8-16)28-21-23-11-12-26(21)2/h3-12H,1-2H3,(H,25,27). The Bertz CT molecular complexity index is 1150. The van der Waals surface area contributed by atoms with E-state index in [4.69, 9.17) is 0 Å². The van der Waals surface area contributed by atoms with Gasteiger partial charge in [-0.05, 0) is 55.5 Å². The Morgan fingerprint density at radius 1 is 1.14 bits per heavy atom. The summed E-state index contributed by atoms with van der Waals surface area (Å²) >= 11 is 2.85. The van der Waals surface area contributed by atoms with Crippen LogP contribution in [0.3, 0.4) is 0 Å². The Morgan fingerprint density at radius 3 is 2.52 bits per heavy atom. The van der Waals surface area contributed by atoms with Crippen molar-refractivity contribution in [1.82, 2.24) is 14.5 Å². The molecule has 0 saturated carbocycles. The number of carbonyl (C=O) groups excluding carboxylic acids is 1. The van der Waals surface area contributed by atoms with Crippen LogP contribution < -0.4 is 5.32 Å². The van der Waals surface area contributed by atoms with E-state index in [-0.39, 0.29) is 11.7 Å². The first-order valence-electron chi connectivity index (χ1n) is 8.79.